The molecule has 0 aliphatic carbocycles. The van der Waals surface area contributed by atoms with Crippen LogP contribution in [0.4, 0.5) is 0 Å². The van der Waals surface area contributed by atoms with Crippen LogP contribution in [0.3, 0.4) is 0 Å². The Morgan fingerprint density at radius 2 is 1.70 bits per heavy atom. The van der Waals surface area contributed by atoms with Crippen molar-refractivity contribution in [3.63, 3.8) is 0 Å². The van der Waals surface area contributed by atoms with Gasteiger partial charge >= 0.3 is 0 Å². The topological polar surface area (TPSA) is 26.0 Å². The second-order valence-electron chi connectivity index (χ2n) is 3.68. The van der Waals surface area contributed by atoms with Crippen LogP contribution < -0.4 is 5.73 Å². The molecule has 10 heavy (non-hydrogen) atoms. The highest BCUT2D eigenvalue weighted by Crippen LogP contribution is 2.14. The Balaban J connectivity index is 3.50. The minimum absolute atomic E-state index is 0.405. The van der Waals surface area contributed by atoms with E-state index in [4.69, 9.17) is 5.73 Å². The Morgan fingerprint density at radius 3 is 2.00 bits per heavy atom. The summed E-state index contributed by atoms with van der Waals surface area (Å²) >= 11 is 0. The van der Waals surface area contributed by atoms with Crippen LogP contribution in [0, 0.1) is 11.8 Å². The fourth-order valence-electron chi connectivity index (χ4n) is 1.32. The summed E-state index contributed by atoms with van der Waals surface area (Å²) < 4.78 is 0. The molecule has 0 heterocycles. The van der Waals surface area contributed by atoms with Gasteiger partial charge in [0.1, 0.15) is 0 Å². The highest BCUT2D eigenvalue weighted by Gasteiger charge is 2.11. The molecule has 0 saturated carbocycles. The molecule has 1 heteroatoms. The Kier molecular flexibility index (Phi) is 4.71. The molecular weight excluding hydrogens is 122 g/mol. The van der Waals surface area contributed by atoms with Crippen molar-refractivity contribution in [1.29, 1.82) is 0 Å². The predicted molar refractivity (Wildman–Crippen MR) is 46.9 cm³/mol. The van der Waals surface area contributed by atoms with Crippen LogP contribution in [0.15, 0.2) is 0 Å². The second-order valence-corrected chi connectivity index (χ2v) is 3.68. The highest BCUT2D eigenvalue weighted by atomic mass is 14.6. The third-order valence-corrected chi connectivity index (χ3v) is 2.05. The lowest BCUT2D eigenvalue weighted by Gasteiger charge is -2.19. The van der Waals surface area contributed by atoms with Gasteiger partial charge in [-0.15, -0.1) is 0 Å². The molecule has 0 amide bonds. The van der Waals surface area contributed by atoms with Gasteiger partial charge in [0.05, 0.1) is 0 Å². The zero-order chi connectivity index (χ0) is 8.15. The van der Waals surface area contributed by atoms with E-state index >= 15 is 0 Å². The van der Waals surface area contributed by atoms with E-state index in [1.54, 1.807) is 0 Å². The molecule has 0 radical (unpaired) electrons. The smallest absolute Gasteiger partial charge is 0.00620 e. The summed E-state index contributed by atoms with van der Waals surface area (Å²) in [5, 5.41) is 0. The molecule has 0 spiro atoms. The van der Waals surface area contributed by atoms with Crippen LogP contribution in [0.1, 0.15) is 40.5 Å². The van der Waals surface area contributed by atoms with Crippen molar-refractivity contribution >= 4 is 0 Å². The maximum atomic E-state index is 5.86. The van der Waals surface area contributed by atoms with E-state index in [9.17, 15) is 0 Å². The third kappa shape index (κ3) is 3.89. The Hall–Kier alpha value is -0.0400. The molecule has 1 unspecified atom stereocenters. The van der Waals surface area contributed by atoms with Crippen molar-refractivity contribution < 1.29 is 0 Å². The molecule has 2 atom stereocenters. The summed E-state index contributed by atoms with van der Waals surface area (Å²) in [5.74, 6) is 1.47. The fraction of sp³-hybridized carbons (Fsp3) is 1.00. The van der Waals surface area contributed by atoms with Gasteiger partial charge in [0.25, 0.3) is 0 Å². The van der Waals surface area contributed by atoms with Gasteiger partial charge < -0.3 is 5.73 Å². The van der Waals surface area contributed by atoms with Crippen molar-refractivity contribution in [2.45, 2.75) is 46.6 Å². The second kappa shape index (κ2) is 4.73. The Bertz CT molecular complexity index is 78.8. The van der Waals surface area contributed by atoms with Gasteiger partial charge in [-0.3, -0.25) is 0 Å². The molecule has 1 nitrogen and oxygen atoms in total. The van der Waals surface area contributed by atoms with Crippen molar-refractivity contribution in [3.8, 4) is 0 Å². The summed E-state index contributed by atoms with van der Waals surface area (Å²) in [6, 6.07) is 0.405. The van der Waals surface area contributed by atoms with Crippen LogP contribution >= 0.6 is 0 Å². The van der Waals surface area contributed by atoms with E-state index in [2.05, 4.69) is 27.7 Å². The van der Waals surface area contributed by atoms with Crippen LogP contribution in [-0.4, -0.2) is 6.04 Å². The monoisotopic (exact) mass is 143 g/mol. The largest absolute Gasteiger partial charge is 0.327 e. The molecule has 2 N–H and O–H groups in total. The van der Waals surface area contributed by atoms with E-state index in [0.29, 0.717) is 12.0 Å². The first-order valence-corrected chi connectivity index (χ1v) is 4.33. The molecular formula is C9H21N. The number of hydrogen-bond acceptors (Lipinski definition) is 1. The highest BCUT2D eigenvalue weighted by molar-refractivity contribution is 4.68. The molecule has 0 fully saturated rings. The standard InChI is InChI=1S/C9H21N/c1-5-9(10)8(4)6-7(2)3/h7-9H,5-6,10H2,1-4H3/t8?,9-/m0/s1. The summed E-state index contributed by atoms with van der Waals surface area (Å²) in [5.41, 5.74) is 5.86. The summed E-state index contributed by atoms with van der Waals surface area (Å²) in [4.78, 5) is 0. The van der Waals surface area contributed by atoms with Gasteiger partial charge in [0.15, 0.2) is 0 Å². The van der Waals surface area contributed by atoms with Gasteiger partial charge in [-0.1, -0.05) is 27.7 Å². The summed E-state index contributed by atoms with van der Waals surface area (Å²) in [7, 11) is 0. The van der Waals surface area contributed by atoms with Gasteiger partial charge in [-0.25, -0.2) is 0 Å². The van der Waals surface area contributed by atoms with E-state index in [1.807, 2.05) is 0 Å². The average molecular weight is 143 g/mol. The molecule has 0 aliphatic heterocycles. The van der Waals surface area contributed by atoms with Crippen molar-refractivity contribution in [3.05, 3.63) is 0 Å². The molecule has 0 aromatic heterocycles. The van der Waals surface area contributed by atoms with Crippen LogP contribution in [0.2, 0.25) is 0 Å². The molecule has 0 rings (SSSR count). The summed E-state index contributed by atoms with van der Waals surface area (Å²) in [6.07, 6.45) is 2.36. The number of nitrogens with two attached hydrogens (primary N) is 1. The third-order valence-electron chi connectivity index (χ3n) is 2.05. The minimum atomic E-state index is 0.405. The SMILES string of the molecule is CC[C@H](N)C(C)CC(C)C. The molecule has 0 saturated heterocycles. The lowest BCUT2D eigenvalue weighted by atomic mass is 9.91. The molecule has 0 aromatic rings. The maximum absolute atomic E-state index is 5.86. The van der Waals surface area contributed by atoms with Gasteiger partial charge in [-0.2, -0.15) is 0 Å². The average Bonchev–Trinajstić information content (AvgIpc) is 1.85. The molecule has 62 valence electrons. The lowest BCUT2D eigenvalue weighted by molar-refractivity contribution is 0.365. The van der Waals surface area contributed by atoms with Crippen molar-refractivity contribution in [2.75, 3.05) is 0 Å². The van der Waals surface area contributed by atoms with Gasteiger partial charge in [0, 0.05) is 6.04 Å². The van der Waals surface area contributed by atoms with Crippen molar-refractivity contribution in [1.82, 2.24) is 0 Å². The molecule has 0 bridgehead atoms. The van der Waals surface area contributed by atoms with Gasteiger partial charge in [-0.05, 0) is 24.7 Å². The first-order chi connectivity index (χ1) is 4.57. The van der Waals surface area contributed by atoms with E-state index in [1.165, 1.54) is 6.42 Å². The zero-order valence-electron chi connectivity index (χ0n) is 7.72. The maximum Gasteiger partial charge on any atom is 0.00620 e. The van der Waals surface area contributed by atoms with Crippen LogP contribution in [-0.2, 0) is 0 Å². The zero-order valence-corrected chi connectivity index (χ0v) is 7.72. The van der Waals surface area contributed by atoms with Crippen LogP contribution in [0.25, 0.3) is 0 Å². The number of hydrogen-bond donors (Lipinski definition) is 1. The van der Waals surface area contributed by atoms with E-state index in [0.717, 1.165) is 12.3 Å². The lowest BCUT2D eigenvalue weighted by Crippen LogP contribution is -2.28. The first kappa shape index (κ1) is 9.96. The number of rotatable bonds is 4. The minimum Gasteiger partial charge on any atom is -0.327 e. The normalized spacial score (nSPS) is 17.4. The predicted octanol–water partition coefficient (Wildman–Crippen LogP) is 2.41. The van der Waals surface area contributed by atoms with E-state index < -0.39 is 0 Å². The Labute approximate surface area is 65.0 Å². The fourth-order valence-corrected chi connectivity index (χ4v) is 1.32. The quantitative estimate of drug-likeness (QED) is 0.642. The van der Waals surface area contributed by atoms with Crippen LogP contribution in [0.5, 0.6) is 0 Å². The molecule has 0 aliphatic rings. The molecule has 0 aromatic carbocycles. The first-order valence-electron chi connectivity index (χ1n) is 4.33. The van der Waals surface area contributed by atoms with Gasteiger partial charge in [0.2, 0.25) is 0 Å². The summed E-state index contributed by atoms with van der Waals surface area (Å²) in [6.45, 7) is 8.90. The van der Waals surface area contributed by atoms with E-state index in [-0.39, 0.29) is 0 Å². The Morgan fingerprint density at radius 1 is 1.20 bits per heavy atom. The van der Waals surface area contributed by atoms with Crippen molar-refractivity contribution in [2.24, 2.45) is 17.6 Å².